The van der Waals surface area contributed by atoms with Crippen LogP contribution in [0.1, 0.15) is 36.7 Å². The summed E-state index contributed by atoms with van der Waals surface area (Å²) in [5, 5.41) is 2.87. The van der Waals surface area contributed by atoms with Gasteiger partial charge in [-0.05, 0) is 48.4 Å². The van der Waals surface area contributed by atoms with Crippen LogP contribution in [0.2, 0.25) is 5.02 Å². The van der Waals surface area contributed by atoms with Crippen molar-refractivity contribution < 1.29 is 17.9 Å². The van der Waals surface area contributed by atoms with Crippen LogP contribution in [0.3, 0.4) is 0 Å². The second kappa shape index (κ2) is 10.4. The lowest BCUT2D eigenvalue weighted by molar-refractivity contribution is 0.0946. The molecule has 3 rings (SSSR count). The molecular formula is C24H32ClN3O4S. The van der Waals surface area contributed by atoms with Crippen LogP contribution < -0.4 is 10.1 Å². The molecule has 0 radical (unpaired) electrons. The predicted octanol–water partition coefficient (Wildman–Crippen LogP) is 3.38. The van der Waals surface area contributed by atoms with Crippen molar-refractivity contribution in [3.8, 4) is 5.75 Å². The lowest BCUT2D eigenvalue weighted by Gasteiger charge is -2.31. The van der Waals surface area contributed by atoms with Crippen molar-refractivity contribution >= 4 is 27.5 Å². The van der Waals surface area contributed by atoms with E-state index in [1.165, 1.54) is 28.1 Å². The number of sulfonamides is 1. The Hall–Kier alpha value is -2.13. The zero-order chi connectivity index (χ0) is 24.2. The highest BCUT2D eigenvalue weighted by Gasteiger charge is 2.30. The summed E-state index contributed by atoms with van der Waals surface area (Å²) < 4.78 is 33.2. The summed E-state index contributed by atoms with van der Waals surface area (Å²) in [4.78, 5) is 14.6. The van der Waals surface area contributed by atoms with Gasteiger partial charge in [0.15, 0.2) is 0 Å². The molecule has 0 aliphatic carbocycles. The van der Waals surface area contributed by atoms with E-state index in [2.05, 4.69) is 31.0 Å². The standard InChI is InChI=1S/C24H32ClN3O4S/c1-24(2,3)19-6-8-20(9-7-19)32-16-11-26-23(29)18-5-10-21(25)22(17-18)33(30,31)28-14-12-27(4)13-15-28/h5-10,17H,11-16H2,1-4H3,(H,26,29). The van der Waals surface area contributed by atoms with E-state index in [1.54, 1.807) is 0 Å². The Labute approximate surface area is 201 Å². The number of hydrogen-bond donors (Lipinski definition) is 1. The number of rotatable bonds is 7. The second-order valence-electron chi connectivity index (χ2n) is 9.23. The van der Waals surface area contributed by atoms with Crippen molar-refractivity contribution in [2.24, 2.45) is 0 Å². The molecule has 2 aromatic carbocycles. The van der Waals surface area contributed by atoms with Gasteiger partial charge in [-0.3, -0.25) is 4.79 Å². The predicted molar refractivity (Wildman–Crippen MR) is 131 cm³/mol. The van der Waals surface area contributed by atoms with E-state index in [9.17, 15) is 13.2 Å². The number of nitrogens with one attached hydrogen (secondary N) is 1. The molecule has 0 bridgehead atoms. The lowest BCUT2D eigenvalue weighted by Crippen LogP contribution is -2.47. The third-order valence-corrected chi connectivity index (χ3v) is 8.03. The molecule has 33 heavy (non-hydrogen) atoms. The smallest absolute Gasteiger partial charge is 0.251 e. The second-order valence-corrected chi connectivity index (χ2v) is 11.5. The quantitative estimate of drug-likeness (QED) is 0.598. The Bertz CT molecular complexity index is 1070. The lowest BCUT2D eigenvalue weighted by atomic mass is 9.87. The molecule has 1 amide bonds. The Kier molecular flexibility index (Phi) is 8.05. The van der Waals surface area contributed by atoms with E-state index < -0.39 is 10.0 Å². The van der Waals surface area contributed by atoms with E-state index in [4.69, 9.17) is 16.3 Å². The number of nitrogens with zero attached hydrogens (tertiary/aromatic N) is 2. The minimum Gasteiger partial charge on any atom is -0.492 e. The molecule has 1 aliphatic heterocycles. The van der Waals surface area contributed by atoms with Crippen LogP contribution in [0.25, 0.3) is 0 Å². The molecule has 1 fully saturated rings. The molecule has 2 aromatic rings. The van der Waals surface area contributed by atoms with Gasteiger partial charge in [-0.2, -0.15) is 4.31 Å². The fraction of sp³-hybridized carbons (Fsp3) is 0.458. The zero-order valence-electron chi connectivity index (χ0n) is 19.6. The zero-order valence-corrected chi connectivity index (χ0v) is 21.2. The van der Waals surface area contributed by atoms with Gasteiger partial charge in [0.2, 0.25) is 10.0 Å². The average molecular weight is 494 g/mol. The topological polar surface area (TPSA) is 79.0 Å². The number of benzene rings is 2. The van der Waals surface area contributed by atoms with Crippen LogP contribution in [-0.4, -0.2) is 69.9 Å². The first kappa shape index (κ1) is 25.5. The average Bonchev–Trinajstić information content (AvgIpc) is 2.77. The summed E-state index contributed by atoms with van der Waals surface area (Å²) in [6.07, 6.45) is 0. The molecule has 9 heteroatoms. The molecule has 7 nitrogen and oxygen atoms in total. The number of ether oxygens (including phenoxy) is 1. The van der Waals surface area contributed by atoms with E-state index in [0.29, 0.717) is 32.8 Å². The molecule has 1 aliphatic rings. The number of hydrogen-bond acceptors (Lipinski definition) is 5. The molecule has 1 heterocycles. The highest BCUT2D eigenvalue weighted by atomic mass is 35.5. The fourth-order valence-corrected chi connectivity index (χ4v) is 5.42. The maximum Gasteiger partial charge on any atom is 0.251 e. The fourth-order valence-electron chi connectivity index (χ4n) is 3.50. The minimum atomic E-state index is -3.78. The van der Waals surface area contributed by atoms with Crippen LogP contribution in [0.4, 0.5) is 0 Å². The van der Waals surface area contributed by atoms with E-state index in [-0.39, 0.29) is 33.3 Å². The first-order valence-electron chi connectivity index (χ1n) is 11.0. The van der Waals surface area contributed by atoms with Crippen LogP contribution >= 0.6 is 11.6 Å². The first-order chi connectivity index (χ1) is 15.5. The van der Waals surface area contributed by atoms with Crippen molar-refractivity contribution in [2.45, 2.75) is 31.1 Å². The number of carbonyl (C=O) groups excluding carboxylic acids is 1. The third kappa shape index (κ3) is 6.47. The molecule has 0 unspecified atom stereocenters. The maximum absolute atomic E-state index is 13.1. The van der Waals surface area contributed by atoms with Gasteiger partial charge in [0.05, 0.1) is 11.6 Å². The number of halogens is 1. The maximum atomic E-state index is 13.1. The van der Waals surface area contributed by atoms with Gasteiger partial charge in [-0.25, -0.2) is 8.42 Å². The van der Waals surface area contributed by atoms with Crippen LogP contribution in [0, 0.1) is 0 Å². The summed E-state index contributed by atoms with van der Waals surface area (Å²) in [6, 6.07) is 12.2. The van der Waals surface area contributed by atoms with Gasteiger partial charge in [0.1, 0.15) is 17.3 Å². The van der Waals surface area contributed by atoms with Gasteiger partial charge >= 0.3 is 0 Å². The Morgan fingerprint density at radius 1 is 1.06 bits per heavy atom. The number of amides is 1. The van der Waals surface area contributed by atoms with Gasteiger partial charge in [-0.1, -0.05) is 44.5 Å². The van der Waals surface area contributed by atoms with Crippen LogP contribution in [-0.2, 0) is 15.4 Å². The van der Waals surface area contributed by atoms with Gasteiger partial charge in [0.25, 0.3) is 5.91 Å². The summed E-state index contributed by atoms with van der Waals surface area (Å²) in [5.41, 5.74) is 1.52. The first-order valence-corrected chi connectivity index (χ1v) is 12.8. The molecule has 0 aromatic heterocycles. The Morgan fingerprint density at radius 3 is 2.30 bits per heavy atom. The summed E-state index contributed by atoms with van der Waals surface area (Å²) >= 11 is 6.20. The van der Waals surface area contributed by atoms with E-state index in [1.807, 2.05) is 31.3 Å². The molecule has 0 atom stereocenters. The summed E-state index contributed by atoms with van der Waals surface area (Å²) in [6.45, 7) is 9.10. The normalized spacial score (nSPS) is 15.9. The summed E-state index contributed by atoms with van der Waals surface area (Å²) in [7, 11) is -1.83. The number of carbonyl (C=O) groups is 1. The molecule has 0 saturated carbocycles. The third-order valence-electron chi connectivity index (χ3n) is 5.65. The SMILES string of the molecule is CN1CCN(S(=O)(=O)c2cc(C(=O)NCCOc3ccc(C(C)(C)C)cc3)ccc2Cl)CC1. The van der Waals surface area contributed by atoms with Crippen molar-refractivity contribution in [1.82, 2.24) is 14.5 Å². The van der Waals surface area contributed by atoms with E-state index >= 15 is 0 Å². The van der Waals surface area contributed by atoms with Gasteiger partial charge in [0, 0.05) is 31.7 Å². The minimum absolute atomic E-state index is 0.0449. The van der Waals surface area contributed by atoms with Crippen molar-refractivity contribution in [1.29, 1.82) is 0 Å². The van der Waals surface area contributed by atoms with E-state index in [0.717, 1.165) is 5.75 Å². The number of piperazine rings is 1. The largest absolute Gasteiger partial charge is 0.492 e. The Balaban J connectivity index is 1.58. The van der Waals surface area contributed by atoms with Crippen molar-refractivity contribution in [2.75, 3.05) is 46.4 Å². The van der Waals surface area contributed by atoms with Gasteiger partial charge in [-0.15, -0.1) is 0 Å². The van der Waals surface area contributed by atoms with Gasteiger partial charge < -0.3 is 15.0 Å². The molecule has 0 spiro atoms. The van der Waals surface area contributed by atoms with Crippen molar-refractivity contribution in [3.05, 3.63) is 58.6 Å². The molecule has 1 N–H and O–H groups in total. The van der Waals surface area contributed by atoms with Crippen LogP contribution in [0.15, 0.2) is 47.4 Å². The molecule has 180 valence electrons. The molecule has 1 saturated heterocycles. The van der Waals surface area contributed by atoms with Crippen molar-refractivity contribution in [3.63, 3.8) is 0 Å². The summed E-state index contributed by atoms with van der Waals surface area (Å²) in [5.74, 6) is 0.345. The highest BCUT2D eigenvalue weighted by molar-refractivity contribution is 7.89. The Morgan fingerprint density at radius 2 is 1.70 bits per heavy atom. The molecular weight excluding hydrogens is 462 g/mol. The number of likely N-dealkylation sites (N-methyl/N-ethyl adjacent to an activating group) is 1. The monoisotopic (exact) mass is 493 g/mol. The van der Waals surface area contributed by atoms with Crippen LogP contribution in [0.5, 0.6) is 5.75 Å². The highest BCUT2D eigenvalue weighted by Crippen LogP contribution is 2.27.